The van der Waals surface area contributed by atoms with Crippen LogP contribution < -0.4 is 14.8 Å². The van der Waals surface area contributed by atoms with Crippen molar-refractivity contribution < 1.29 is 22.7 Å². The van der Waals surface area contributed by atoms with Gasteiger partial charge in [-0.15, -0.1) is 0 Å². The molecule has 1 N–H and O–H groups in total. The summed E-state index contributed by atoms with van der Waals surface area (Å²) in [5.74, 6) is 1.61. The minimum absolute atomic E-state index is 0.0986. The van der Waals surface area contributed by atoms with Gasteiger partial charge in [0.05, 0.1) is 25.0 Å². The predicted octanol–water partition coefficient (Wildman–Crippen LogP) is 2.01. The molecule has 27 heavy (non-hydrogen) atoms. The molecule has 0 saturated carbocycles. The Labute approximate surface area is 159 Å². The molecule has 7 heteroatoms. The second-order valence-electron chi connectivity index (χ2n) is 6.73. The minimum atomic E-state index is -3.23. The Balaban J connectivity index is 1.52. The van der Waals surface area contributed by atoms with E-state index in [-0.39, 0.29) is 23.1 Å². The van der Waals surface area contributed by atoms with Crippen LogP contribution >= 0.6 is 0 Å². The lowest BCUT2D eigenvalue weighted by molar-refractivity contribution is -0.120. The third-order valence-corrected chi connectivity index (χ3v) is 5.68. The molecule has 2 aromatic rings. The number of ether oxygens (including phenoxy) is 2. The first-order valence-corrected chi connectivity index (χ1v) is 10.6. The summed E-state index contributed by atoms with van der Waals surface area (Å²) in [5.41, 5.74) is 1.85. The molecule has 0 fully saturated rings. The molecule has 144 valence electrons. The average molecular weight is 389 g/mol. The van der Waals surface area contributed by atoms with Crippen molar-refractivity contribution in [1.29, 1.82) is 0 Å². The Hall–Kier alpha value is -2.54. The number of carbonyl (C=O) groups excluding carboxylic acids is 1. The number of sulfone groups is 1. The van der Waals surface area contributed by atoms with E-state index in [0.29, 0.717) is 13.2 Å². The zero-order chi connectivity index (χ0) is 19.4. The van der Waals surface area contributed by atoms with Crippen LogP contribution in [0.3, 0.4) is 0 Å². The summed E-state index contributed by atoms with van der Waals surface area (Å²) in [7, 11) is -1.61. The van der Waals surface area contributed by atoms with Gasteiger partial charge >= 0.3 is 0 Å². The number of hydrogen-bond donors (Lipinski definition) is 1. The molecule has 0 unspecified atom stereocenters. The Bertz CT molecular complexity index is 922. The maximum Gasteiger partial charge on any atom is 0.224 e. The van der Waals surface area contributed by atoms with Gasteiger partial charge in [0, 0.05) is 18.7 Å². The number of fused-ring (bicyclic) bond motifs is 1. The fourth-order valence-electron chi connectivity index (χ4n) is 3.11. The van der Waals surface area contributed by atoms with Crippen LogP contribution in [0.1, 0.15) is 11.1 Å². The average Bonchev–Trinajstić information content (AvgIpc) is 2.65. The van der Waals surface area contributed by atoms with Crippen LogP contribution in [0.4, 0.5) is 0 Å². The standard InChI is InChI=1S/C20H23NO5S/c1-25-18-5-3-4-16-10-15(13-26-20(16)18)12-21-19(22)11-14-6-8-17(9-7-14)27(2,23)24/h3-9,15H,10-13H2,1-2H3,(H,21,22)/t15-/m1/s1. The minimum Gasteiger partial charge on any atom is -0.493 e. The quantitative estimate of drug-likeness (QED) is 0.817. The number of benzene rings is 2. The van der Waals surface area contributed by atoms with Crippen molar-refractivity contribution in [1.82, 2.24) is 5.32 Å². The second-order valence-corrected chi connectivity index (χ2v) is 8.74. The summed E-state index contributed by atoms with van der Waals surface area (Å²) in [6, 6.07) is 12.2. The first-order valence-electron chi connectivity index (χ1n) is 8.71. The molecule has 6 nitrogen and oxygen atoms in total. The van der Waals surface area contributed by atoms with Crippen molar-refractivity contribution in [3.63, 3.8) is 0 Å². The van der Waals surface area contributed by atoms with E-state index >= 15 is 0 Å². The summed E-state index contributed by atoms with van der Waals surface area (Å²) < 4.78 is 34.1. The summed E-state index contributed by atoms with van der Waals surface area (Å²) in [5, 5.41) is 2.94. The van der Waals surface area contributed by atoms with E-state index in [0.717, 1.165) is 35.3 Å². The maximum absolute atomic E-state index is 12.2. The highest BCUT2D eigenvalue weighted by atomic mass is 32.2. The first kappa shape index (κ1) is 19.2. The highest BCUT2D eigenvalue weighted by molar-refractivity contribution is 7.90. The summed E-state index contributed by atoms with van der Waals surface area (Å²) in [4.78, 5) is 12.4. The van der Waals surface area contributed by atoms with Crippen LogP contribution in [0.15, 0.2) is 47.4 Å². The van der Waals surface area contributed by atoms with Crippen LogP contribution in [0.2, 0.25) is 0 Å². The van der Waals surface area contributed by atoms with Gasteiger partial charge in [0.1, 0.15) is 0 Å². The Morgan fingerprint density at radius 1 is 1.22 bits per heavy atom. The van der Waals surface area contributed by atoms with Crippen LogP contribution in [0.25, 0.3) is 0 Å². The van der Waals surface area contributed by atoms with Crippen molar-refractivity contribution in [2.45, 2.75) is 17.7 Å². The molecular weight excluding hydrogens is 366 g/mol. The summed E-state index contributed by atoms with van der Waals surface area (Å²) in [6.45, 7) is 1.05. The number of hydrogen-bond acceptors (Lipinski definition) is 5. The zero-order valence-electron chi connectivity index (χ0n) is 15.4. The number of amides is 1. The van der Waals surface area contributed by atoms with E-state index in [1.165, 1.54) is 12.1 Å². The summed E-state index contributed by atoms with van der Waals surface area (Å²) in [6.07, 6.45) is 2.19. The third kappa shape index (κ3) is 4.80. The first-order chi connectivity index (χ1) is 12.9. The molecule has 2 aromatic carbocycles. The monoisotopic (exact) mass is 389 g/mol. The van der Waals surface area contributed by atoms with Crippen molar-refractivity contribution in [2.75, 3.05) is 26.5 Å². The highest BCUT2D eigenvalue weighted by Gasteiger charge is 2.23. The van der Waals surface area contributed by atoms with Crippen molar-refractivity contribution in [3.8, 4) is 11.5 Å². The molecule has 1 aliphatic heterocycles. The molecule has 0 radical (unpaired) electrons. The largest absolute Gasteiger partial charge is 0.493 e. The molecular formula is C20H23NO5S. The van der Waals surface area contributed by atoms with E-state index < -0.39 is 9.84 Å². The van der Waals surface area contributed by atoms with Crippen LogP contribution in [-0.4, -0.2) is 40.8 Å². The number of para-hydroxylation sites is 1. The molecule has 1 amide bonds. The third-order valence-electron chi connectivity index (χ3n) is 4.56. The van der Waals surface area contributed by atoms with Gasteiger partial charge in [-0.2, -0.15) is 0 Å². The predicted molar refractivity (Wildman–Crippen MR) is 102 cm³/mol. The smallest absolute Gasteiger partial charge is 0.224 e. The fraction of sp³-hybridized carbons (Fsp3) is 0.350. The number of methoxy groups -OCH3 is 1. The zero-order valence-corrected chi connectivity index (χ0v) is 16.2. The Kier molecular flexibility index (Phi) is 5.70. The van der Waals surface area contributed by atoms with Gasteiger partial charge in [0.25, 0.3) is 0 Å². The lowest BCUT2D eigenvalue weighted by Gasteiger charge is -2.26. The lowest BCUT2D eigenvalue weighted by atomic mass is 9.96. The van der Waals surface area contributed by atoms with E-state index in [9.17, 15) is 13.2 Å². The van der Waals surface area contributed by atoms with Crippen LogP contribution in [0.5, 0.6) is 11.5 Å². The molecule has 0 aromatic heterocycles. The van der Waals surface area contributed by atoms with Gasteiger partial charge < -0.3 is 14.8 Å². The second kappa shape index (κ2) is 8.00. The van der Waals surface area contributed by atoms with Gasteiger partial charge in [-0.05, 0) is 35.7 Å². The number of rotatable bonds is 6. The van der Waals surface area contributed by atoms with E-state index in [4.69, 9.17) is 9.47 Å². The van der Waals surface area contributed by atoms with Gasteiger partial charge in [-0.3, -0.25) is 4.79 Å². The molecule has 0 aliphatic carbocycles. The van der Waals surface area contributed by atoms with E-state index in [1.807, 2.05) is 18.2 Å². The normalized spacial score (nSPS) is 16.1. The molecule has 1 atom stereocenters. The van der Waals surface area contributed by atoms with E-state index in [1.54, 1.807) is 19.2 Å². The van der Waals surface area contributed by atoms with Crippen molar-refractivity contribution in [3.05, 3.63) is 53.6 Å². The lowest BCUT2D eigenvalue weighted by Crippen LogP contribution is -2.35. The molecule has 0 saturated heterocycles. The van der Waals surface area contributed by atoms with E-state index in [2.05, 4.69) is 5.32 Å². The van der Waals surface area contributed by atoms with Gasteiger partial charge in [-0.1, -0.05) is 24.3 Å². The summed E-state index contributed by atoms with van der Waals surface area (Å²) >= 11 is 0. The van der Waals surface area contributed by atoms with Crippen LogP contribution in [0, 0.1) is 5.92 Å². The Morgan fingerprint density at radius 3 is 2.63 bits per heavy atom. The maximum atomic E-state index is 12.2. The molecule has 0 spiro atoms. The molecule has 3 rings (SSSR count). The van der Waals surface area contributed by atoms with Gasteiger partial charge in [-0.25, -0.2) is 8.42 Å². The molecule has 0 bridgehead atoms. The molecule has 1 heterocycles. The number of carbonyl (C=O) groups is 1. The van der Waals surface area contributed by atoms with Crippen LogP contribution in [-0.2, 0) is 27.5 Å². The van der Waals surface area contributed by atoms with Crippen molar-refractivity contribution >= 4 is 15.7 Å². The number of nitrogens with one attached hydrogen (secondary N) is 1. The Morgan fingerprint density at radius 2 is 1.96 bits per heavy atom. The molecule has 1 aliphatic rings. The van der Waals surface area contributed by atoms with Crippen molar-refractivity contribution in [2.24, 2.45) is 5.92 Å². The fourth-order valence-corrected chi connectivity index (χ4v) is 3.74. The van der Waals surface area contributed by atoms with Gasteiger partial charge in [0.2, 0.25) is 5.91 Å². The SMILES string of the molecule is COc1cccc2c1OC[C@@H](CNC(=O)Cc1ccc(S(C)(=O)=O)cc1)C2. The van der Waals surface area contributed by atoms with Gasteiger partial charge in [0.15, 0.2) is 21.3 Å². The topological polar surface area (TPSA) is 81.7 Å². The highest BCUT2D eigenvalue weighted by Crippen LogP contribution is 2.35.